The predicted molar refractivity (Wildman–Crippen MR) is 90.0 cm³/mol. The second-order valence-corrected chi connectivity index (χ2v) is 5.37. The summed E-state index contributed by atoms with van der Waals surface area (Å²) < 4.78 is 10.7. The van der Waals surface area contributed by atoms with Crippen molar-refractivity contribution in [3.8, 4) is 0 Å². The van der Waals surface area contributed by atoms with E-state index in [1.165, 1.54) is 0 Å². The largest absolute Gasteiger partial charge is 0.466 e. The summed E-state index contributed by atoms with van der Waals surface area (Å²) >= 11 is 0. The number of furan rings is 1. The van der Waals surface area contributed by atoms with E-state index >= 15 is 0 Å². The molecule has 0 fully saturated rings. The molecule has 0 spiro atoms. The van der Waals surface area contributed by atoms with Crippen molar-refractivity contribution in [2.45, 2.75) is 26.9 Å². The number of esters is 1. The van der Waals surface area contributed by atoms with Crippen molar-refractivity contribution in [1.29, 1.82) is 0 Å². The van der Waals surface area contributed by atoms with Gasteiger partial charge in [0.1, 0.15) is 17.1 Å². The highest BCUT2D eigenvalue weighted by Gasteiger charge is 2.28. The lowest BCUT2D eigenvalue weighted by molar-refractivity contribution is -0.129. The fourth-order valence-electron chi connectivity index (χ4n) is 2.29. The Morgan fingerprint density at radius 3 is 2.40 bits per heavy atom. The van der Waals surface area contributed by atoms with Gasteiger partial charge in [0.05, 0.1) is 0 Å². The lowest BCUT2D eigenvalue weighted by Crippen LogP contribution is -2.42. The van der Waals surface area contributed by atoms with Gasteiger partial charge >= 0.3 is 12.0 Å². The molecule has 2 aromatic rings. The molecule has 1 aromatic carbocycles. The number of aryl methyl sites for hydroxylation is 2. The van der Waals surface area contributed by atoms with Crippen LogP contribution >= 0.6 is 0 Å². The zero-order valence-electron chi connectivity index (χ0n) is 14.3. The first kappa shape index (κ1) is 18.3. The minimum absolute atomic E-state index is 0.240. The Morgan fingerprint density at radius 1 is 1.16 bits per heavy atom. The van der Waals surface area contributed by atoms with Gasteiger partial charge in [0.15, 0.2) is 0 Å². The van der Waals surface area contributed by atoms with Crippen LogP contribution in [-0.2, 0) is 9.53 Å². The minimum atomic E-state index is -1.26. The second kappa shape index (κ2) is 8.14. The average Bonchev–Trinajstić information content (AvgIpc) is 2.91. The fourth-order valence-corrected chi connectivity index (χ4v) is 2.29. The molecule has 2 rings (SSSR count). The van der Waals surface area contributed by atoms with Crippen LogP contribution in [0.1, 0.15) is 40.5 Å². The smallest absolute Gasteiger partial charge is 0.342 e. The van der Waals surface area contributed by atoms with Gasteiger partial charge in [0.25, 0.3) is 5.91 Å². The van der Waals surface area contributed by atoms with Gasteiger partial charge in [0.2, 0.25) is 6.10 Å². The Kier molecular flexibility index (Phi) is 5.94. The molecule has 25 heavy (non-hydrogen) atoms. The predicted octanol–water partition coefficient (Wildman–Crippen LogP) is 2.64. The van der Waals surface area contributed by atoms with Crippen molar-refractivity contribution in [3.05, 3.63) is 59.0 Å². The quantitative estimate of drug-likeness (QED) is 0.813. The zero-order chi connectivity index (χ0) is 18.4. The maximum absolute atomic E-state index is 12.4. The van der Waals surface area contributed by atoms with Crippen LogP contribution in [0, 0.1) is 13.8 Å². The number of ether oxygens (including phenoxy) is 1. The summed E-state index contributed by atoms with van der Waals surface area (Å²) in [7, 11) is 0. The molecule has 0 aliphatic carbocycles. The molecule has 0 radical (unpaired) electrons. The molecular weight excluding hydrogens is 324 g/mol. The highest BCUT2D eigenvalue weighted by Crippen LogP contribution is 2.22. The molecule has 0 aliphatic rings. The van der Waals surface area contributed by atoms with Gasteiger partial charge in [0, 0.05) is 12.1 Å². The number of urea groups is 1. The number of rotatable bonds is 5. The van der Waals surface area contributed by atoms with Crippen LogP contribution in [0.15, 0.2) is 40.8 Å². The zero-order valence-corrected chi connectivity index (χ0v) is 14.3. The topological polar surface area (TPSA) is 97.6 Å². The van der Waals surface area contributed by atoms with E-state index in [2.05, 4.69) is 10.6 Å². The molecular formula is C18H20N2O5. The number of hydrogen-bond donors (Lipinski definition) is 2. The van der Waals surface area contributed by atoms with Crippen LogP contribution in [-0.4, -0.2) is 24.5 Å². The average molecular weight is 344 g/mol. The number of amides is 3. The maximum Gasteiger partial charge on any atom is 0.342 e. The van der Waals surface area contributed by atoms with Crippen molar-refractivity contribution in [3.63, 3.8) is 0 Å². The van der Waals surface area contributed by atoms with Crippen LogP contribution in [0.4, 0.5) is 4.79 Å². The molecule has 7 heteroatoms. The lowest BCUT2D eigenvalue weighted by atomic mass is 10.1. The number of benzene rings is 1. The Hall–Kier alpha value is -3.09. The van der Waals surface area contributed by atoms with Gasteiger partial charge < -0.3 is 14.5 Å². The number of nitrogens with one attached hydrogen (secondary N) is 2. The third kappa shape index (κ3) is 4.69. The standard InChI is InChI=1S/C18H20N2O5/c1-4-19-18(23)20-16(21)15(13-8-6-5-7-9-13)25-17(22)14-10-11(2)24-12(14)3/h5-10,15H,4H2,1-3H3,(H2,19,20,21,23)/t15-/m1/s1. The molecule has 2 N–H and O–H groups in total. The summed E-state index contributed by atoms with van der Waals surface area (Å²) in [6.07, 6.45) is -1.26. The molecule has 1 heterocycles. The lowest BCUT2D eigenvalue weighted by Gasteiger charge is -2.17. The summed E-state index contributed by atoms with van der Waals surface area (Å²) in [6.45, 7) is 5.43. The fraction of sp³-hybridized carbons (Fsp3) is 0.278. The van der Waals surface area contributed by atoms with Crippen molar-refractivity contribution in [2.75, 3.05) is 6.54 Å². The molecule has 0 bridgehead atoms. The normalized spacial score (nSPS) is 11.5. The van der Waals surface area contributed by atoms with E-state index in [0.717, 1.165) is 0 Å². The van der Waals surface area contributed by atoms with Crippen LogP contribution in [0.25, 0.3) is 0 Å². The Morgan fingerprint density at radius 2 is 1.84 bits per heavy atom. The van der Waals surface area contributed by atoms with Gasteiger partial charge in [-0.25, -0.2) is 9.59 Å². The molecule has 0 unspecified atom stereocenters. The number of hydrogen-bond acceptors (Lipinski definition) is 5. The Bertz CT molecular complexity index is 767. The molecule has 0 aliphatic heterocycles. The molecule has 0 saturated heterocycles. The summed E-state index contributed by atoms with van der Waals surface area (Å²) in [6, 6.07) is 9.37. The van der Waals surface area contributed by atoms with Gasteiger partial charge in [-0.3, -0.25) is 10.1 Å². The summed E-state index contributed by atoms with van der Waals surface area (Å²) in [5.74, 6) is -0.469. The molecule has 3 amide bonds. The molecule has 132 valence electrons. The maximum atomic E-state index is 12.4. The first-order chi connectivity index (χ1) is 11.9. The molecule has 7 nitrogen and oxygen atoms in total. The van der Waals surface area contributed by atoms with E-state index in [0.29, 0.717) is 23.6 Å². The van der Waals surface area contributed by atoms with E-state index < -0.39 is 24.0 Å². The summed E-state index contributed by atoms with van der Waals surface area (Å²) in [4.78, 5) is 36.4. The van der Waals surface area contributed by atoms with Crippen LogP contribution in [0.2, 0.25) is 0 Å². The van der Waals surface area contributed by atoms with Crippen LogP contribution in [0.3, 0.4) is 0 Å². The first-order valence-electron chi connectivity index (χ1n) is 7.84. The van der Waals surface area contributed by atoms with Gasteiger partial charge in [-0.15, -0.1) is 0 Å². The van der Waals surface area contributed by atoms with E-state index in [4.69, 9.17) is 9.15 Å². The van der Waals surface area contributed by atoms with Crippen LogP contribution in [0.5, 0.6) is 0 Å². The molecule has 0 saturated carbocycles. The Labute approximate surface area is 145 Å². The van der Waals surface area contributed by atoms with E-state index in [1.54, 1.807) is 57.2 Å². The molecule has 1 atom stereocenters. The Balaban J connectivity index is 2.23. The van der Waals surface area contributed by atoms with Crippen molar-refractivity contribution >= 4 is 17.9 Å². The minimum Gasteiger partial charge on any atom is -0.466 e. The highest BCUT2D eigenvalue weighted by atomic mass is 16.5. The number of imide groups is 1. The van der Waals surface area contributed by atoms with Crippen molar-refractivity contribution in [1.82, 2.24) is 10.6 Å². The van der Waals surface area contributed by atoms with Crippen molar-refractivity contribution < 1.29 is 23.5 Å². The van der Waals surface area contributed by atoms with E-state index in [-0.39, 0.29) is 5.56 Å². The van der Waals surface area contributed by atoms with Gasteiger partial charge in [-0.1, -0.05) is 30.3 Å². The first-order valence-corrected chi connectivity index (χ1v) is 7.84. The van der Waals surface area contributed by atoms with Crippen LogP contribution < -0.4 is 10.6 Å². The second-order valence-electron chi connectivity index (χ2n) is 5.37. The highest BCUT2D eigenvalue weighted by molar-refractivity contribution is 5.99. The number of carbonyl (C=O) groups excluding carboxylic acids is 3. The third-order valence-electron chi connectivity index (χ3n) is 3.40. The summed E-state index contributed by atoms with van der Waals surface area (Å²) in [5, 5.41) is 4.62. The monoisotopic (exact) mass is 344 g/mol. The van der Waals surface area contributed by atoms with Crippen molar-refractivity contribution in [2.24, 2.45) is 0 Å². The number of carbonyl (C=O) groups is 3. The SMILES string of the molecule is CCNC(=O)NC(=O)[C@H](OC(=O)c1cc(C)oc1C)c1ccccc1. The summed E-state index contributed by atoms with van der Waals surface area (Å²) in [5.41, 5.74) is 0.694. The van der Waals surface area contributed by atoms with E-state index in [9.17, 15) is 14.4 Å². The molecule has 1 aromatic heterocycles. The van der Waals surface area contributed by atoms with Gasteiger partial charge in [-0.05, 0) is 26.8 Å². The third-order valence-corrected chi connectivity index (χ3v) is 3.40. The van der Waals surface area contributed by atoms with Gasteiger partial charge in [-0.2, -0.15) is 0 Å². The van der Waals surface area contributed by atoms with E-state index in [1.807, 2.05) is 0 Å².